The lowest BCUT2D eigenvalue weighted by atomic mass is 9.93. The lowest BCUT2D eigenvalue weighted by Crippen LogP contribution is -2.43. The molecule has 0 amide bonds. The van der Waals surface area contributed by atoms with Gasteiger partial charge in [-0.2, -0.15) is 5.10 Å². The van der Waals surface area contributed by atoms with Crippen LogP contribution in [0, 0.1) is 13.8 Å². The van der Waals surface area contributed by atoms with E-state index in [1.54, 1.807) is 0 Å². The van der Waals surface area contributed by atoms with Crippen molar-refractivity contribution in [2.45, 2.75) is 99.4 Å². The van der Waals surface area contributed by atoms with Gasteiger partial charge in [-0.3, -0.25) is 4.90 Å². The van der Waals surface area contributed by atoms with Crippen molar-refractivity contribution in [3.63, 3.8) is 0 Å². The molecule has 2 aromatic carbocycles. The fraction of sp³-hybridized carbons (Fsp3) is 0.545. The molecule has 1 aliphatic heterocycles. The molecule has 0 spiro atoms. The highest BCUT2D eigenvalue weighted by atomic mass is 16.5. The van der Waals surface area contributed by atoms with E-state index in [1.807, 2.05) is 0 Å². The predicted molar refractivity (Wildman–Crippen MR) is 156 cm³/mol. The number of ether oxygens (including phenoxy) is 2. The van der Waals surface area contributed by atoms with Gasteiger partial charge in [-0.05, 0) is 88.6 Å². The van der Waals surface area contributed by atoms with Crippen LogP contribution in [-0.4, -0.2) is 40.5 Å². The van der Waals surface area contributed by atoms with E-state index >= 15 is 0 Å². The summed E-state index contributed by atoms with van der Waals surface area (Å²) in [4.78, 5) is 2.62. The Morgan fingerprint density at radius 3 is 2.24 bits per heavy atom. The highest BCUT2D eigenvalue weighted by molar-refractivity contribution is 5.52. The fourth-order valence-corrected chi connectivity index (χ4v) is 6.08. The Morgan fingerprint density at radius 2 is 1.63 bits per heavy atom. The Balaban J connectivity index is 1.74. The molecule has 2 heterocycles. The van der Waals surface area contributed by atoms with E-state index in [9.17, 15) is 0 Å². The second-order valence-electron chi connectivity index (χ2n) is 11.1. The van der Waals surface area contributed by atoms with Crippen LogP contribution in [0.4, 0.5) is 0 Å². The Kier molecular flexibility index (Phi) is 9.12. The monoisotopic (exact) mass is 517 g/mol. The SMILES string of the molecule is CCOC[C@H]1Cc2ccccc2CN1Cc1c(CC)nn(-c2c(C)cc(C(C)(C)OCC)cc2C)c1CC. The number of hydrogen-bond acceptors (Lipinski definition) is 4. The van der Waals surface area contributed by atoms with Crippen LogP contribution in [0.1, 0.15) is 86.3 Å². The van der Waals surface area contributed by atoms with Crippen LogP contribution >= 0.6 is 0 Å². The number of fused-ring (bicyclic) bond motifs is 1. The summed E-state index contributed by atoms with van der Waals surface area (Å²) in [7, 11) is 0. The van der Waals surface area contributed by atoms with E-state index in [1.165, 1.54) is 50.5 Å². The first-order valence-electron chi connectivity index (χ1n) is 14.5. The first-order chi connectivity index (χ1) is 18.2. The minimum absolute atomic E-state index is 0.319. The van der Waals surface area contributed by atoms with Gasteiger partial charge in [-0.25, -0.2) is 4.68 Å². The second-order valence-corrected chi connectivity index (χ2v) is 11.1. The molecule has 1 aromatic heterocycles. The quantitative estimate of drug-likeness (QED) is 0.279. The van der Waals surface area contributed by atoms with Gasteiger partial charge in [-0.1, -0.05) is 50.2 Å². The van der Waals surface area contributed by atoms with Gasteiger partial charge < -0.3 is 9.47 Å². The molecule has 3 aromatic rings. The number of aryl methyl sites for hydroxylation is 3. The van der Waals surface area contributed by atoms with Crippen molar-refractivity contribution in [3.05, 3.63) is 81.2 Å². The summed E-state index contributed by atoms with van der Waals surface area (Å²) in [6.45, 7) is 21.4. The maximum absolute atomic E-state index is 6.07. The zero-order chi connectivity index (χ0) is 27.4. The molecule has 5 nitrogen and oxygen atoms in total. The summed E-state index contributed by atoms with van der Waals surface area (Å²) < 4.78 is 14.3. The first kappa shape index (κ1) is 28.5. The third-order valence-corrected chi connectivity index (χ3v) is 8.09. The molecule has 0 saturated heterocycles. The van der Waals surface area contributed by atoms with Crippen LogP contribution in [0.25, 0.3) is 5.69 Å². The van der Waals surface area contributed by atoms with E-state index in [2.05, 4.69) is 101 Å². The first-order valence-corrected chi connectivity index (χ1v) is 14.5. The molecule has 38 heavy (non-hydrogen) atoms. The molecule has 1 atom stereocenters. The van der Waals surface area contributed by atoms with Crippen LogP contribution in [0.2, 0.25) is 0 Å². The molecule has 0 saturated carbocycles. The van der Waals surface area contributed by atoms with E-state index in [0.29, 0.717) is 12.6 Å². The topological polar surface area (TPSA) is 39.5 Å². The third-order valence-electron chi connectivity index (χ3n) is 8.09. The molecular weight excluding hydrogens is 470 g/mol. The standard InChI is InChI=1S/C33H47N3O2/c1-9-30-29(21-35-20-26-16-14-13-15-25(26)19-28(35)22-37-11-3)31(10-2)36(34-30)32-23(5)17-27(18-24(32)6)33(7,8)38-12-4/h13-18,28H,9-12,19-22H2,1-8H3/t28-/m1/s1. The summed E-state index contributed by atoms with van der Waals surface area (Å²) in [5, 5.41) is 5.24. The summed E-state index contributed by atoms with van der Waals surface area (Å²) in [6, 6.07) is 13.8. The van der Waals surface area contributed by atoms with E-state index in [-0.39, 0.29) is 5.60 Å². The number of aromatic nitrogens is 2. The molecule has 0 aliphatic carbocycles. The molecule has 0 fully saturated rings. The van der Waals surface area contributed by atoms with Gasteiger partial charge >= 0.3 is 0 Å². The van der Waals surface area contributed by atoms with Gasteiger partial charge in [0.15, 0.2) is 0 Å². The van der Waals surface area contributed by atoms with Crippen molar-refractivity contribution in [2.24, 2.45) is 0 Å². The van der Waals surface area contributed by atoms with Crippen LogP contribution in [0.3, 0.4) is 0 Å². The number of benzene rings is 2. The van der Waals surface area contributed by atoms with Crippen LogP contribution in [-0.2, 0) is 47.4 Å². The normalized spacial score (nSPS) is 16.2. The van der Waals surface area contributed by atoms with Crippen molar-refractivity contribution in [1.29, 1.82) is 0 Å². The molecule has 0 unspecified atom stereocenters. The van der Waals surface area contributed by atoms with Gasteiger partial charge in [0.05, 0.1) is 23.6 Å². The Hall–Kier alpha value is -2.47. The minimum atomic E-state index is -0.319. The summed E-state index contributed by atoms with van der Waals surface area (Å²) in [6.07, 6.45) is 2.89. The Morgan fingerprint density at radius 1 is 0.947 bits per heavy atom. The molecular formula is C33H47N3O2. The maximum Gasteiger partial charge on any atom is 0.0875 e. The molecule has 0 bridgehead atoms. The lowest BCUT2D eigenvalue weighted by Gasteiger charge is -2.37. The van der Waals surface area contributed by atoms with E-state index in [4.69, 9.17) is 14.6 Å². The third kappa shape index (κ3) is 5.75. The fourth-order valence-electron chi connectivity index (χ4n) is 6.08. The molecule has 5 heteroatoms. The van der Waals surface area contributed by atoms with Gasteiger partial charge in [0.2, 0.25) is 0 Å². The second kappa shape index (κ2) is 12.1. The minimum Gasteiger partial charge on any atom is -0.380 e. The molecule has 206 valence electrons. The van der Waals surface area contributed by atoms with E-state index in [0.717, 1.165) is 45.6 Å². The highest BCUT2D eigenvalue weighted by Gasteiger charge is 2.30. The highest BCUT2D eigenvalue weighted by Crippen LogP contribution is 2.33. The number of nitrogens with zero attached hydrogens (tertiary/aromatic N) is 3. The van der Waals surface area contributed by atoms with Gasteiger partial charge in [0.1, 0.15) is 0 Å². The van der Waals surface area contributed by atoms with Crippen molar-refractivity contribution < 1.29 is 9.47 Å². The number of hydrogen-bond donors (Lipinski definition) is 0. The Labute approximate surface area is 230 Å². The van der Waals surface area contributed by atoms with Crippen LogP contribution < -0.4 is 0 Å². The largest absolute Gasteiger partial charge is 0.380 e. The molecule has 4 rings (SSSR count). The van der Waals surface area contributed by atoms with E-state index < -0.39 is 0 Å². The lowest BCUT2D eigenvalue weighted by molar-refractivity contribution is -0.0141. The van der Waals surface area contributed by atoms with Gasteiger partial charge in [0.25, 0.3) is 0 Å². The maximum atomic E-state index is 6.07. The summed E-state index contributed by atoms with van der Waals surface area (Å²) in [5.41, 5.74) is 11.4. The predicted octanol–water partition coefficient (Wildman–Crippen LogP) is 6.85. The zero-order valence-electron chi connectivity index (χ0n) is 24.9. The Bertz CT molecular complexity index is 1220. The van der Waals surface area contributed by atoms with Gasteiger partial charge in [-0.15, -0.1) is 0 Å². The average Bonchev–Trinajstić information content (AvgIpc) is 3.23. The van der Waals surface area contributed by atoms with Gasteiger partial charge in [0, 0.05) is 43.6 Å². The van der Waals surface area contributed by atoms with Crippen LogP contribution in [0.5, 0.6) is 0 Å². The van der Waals surface area contributed by atoms with Crippen molar-refractivity contribution in [2.75, 3.05) is 19.8 Å². The summed E-state index contributed by atoms with van der Waals surface area (Å²) in [5.74, 6) is 0. The van der Waals surface area contributed by atoms with Crippen molar-refractivity contribution >= 4 is 0 Å². The van der Waals surface area contributed by atoms with Crippen molar-refractivity contribution in [3.8, 4) is 5.69 Å². The smallest absolute Gasteiger partial charge is 0.0875 e. The van der Waals surface area contributed by atoms with Crippen molar-refractivity contribution in [1.82, 2.24) is 14.7 Å². The molecule has 1 aliphatic rings. The molecule has 0 radical (unpaired) electrons. The average molecular weight is 518 g/mol. The zero-order valence-corrected chi connectivity index (χ0v) is 24.9. The molecule has 0 N–H and O–H groups in total. The summed E-state index contributed by atoms with van der Waals surface area (Å²) >= 11 is 0. The number of rotatable bonds is 11. The van der Waals surface area contributed by atoms with Crippen LogP contribution in [0.15, 0.2) is 36.4 Å².